The summed E-state index contributed by atoms with van der Waals surface area (Å²) in [4.78, 5) is 14.0. The minimum Gasteiger partial charge on any atom is -0.508 e. The minimum absolute atomic E-state index is 0.101. The molecule has 1 aromatic rings. The normalized spacial score (nSPS) is 19.5. The van der Waals surface area contributed by atoms with Crippen LogP contribution >= 0.6 is 0 Å². The largest absolute Gasteiger partial charge is 0.508 e. The zero-order valence-electron chi connectivity index (χ0n) is 8.89. The van der Waals surface area contributed by atoms with Gasteiger partial charge >= 0.3 is 0 Å². The molecule has 0 fully saturated rings. The van der Waals surface area contributed by atoms with Crippen molar-refractivity contribution in [3.63, 3.8) is 0 Å². The molecule has 1 aliphatic heterocycles. The number of hydrogen-bond donors (Lipinski definition) is 1. The van der Waals surface area contributed by atoms with Crippen molar-refractivity contribution in [3.05, 3.63) is 41.5 Å². The Labute approximate surface area is 94.0 Å². The van der Waals surface area contributed by atoms with Gasteiger partial charge in [-0.15, -0.1) is 0 Å². The summed E-state index contributed by atoms with van der Waals surface area (Å²) < 4.78 is 0. The maximum absolute atomic E-state index is 12.1. The van der Waals surface area contributed by atoms with E-state index >= 15 is 0 Å². The van der Waals surface area contributed by atoms with Gasteiger partial charge in [0.15, 0.2) is 0 Å². The number of hydrogen-bond acceptors (Lipinski definition) is 2. The molecule has 0 atom stereocenters. The summed E-state index contributed by atoms with van der Waals surface area (Å²) in [5.74, 6) is 0.335. The van der Waals surface area contributed by atoms with Crippen LogP contribution in [0.2, 0.25) is 0 Å². The molecular formula is C13H13NO2. The number of carbonyl (C=O) groups is 1. The van der Waals surface area contributed by atoms with E-state index in [1.165, 1.54) is 0 Å². The molecule has 1 N–H and O–H groups in total. The van der Waals surface area contributed by atoms with Crippen molar-refractivity contribution in [1.29, 1.82) is 0 Å². The number of aromatic hydroxyl groups is 1. The summed E-state index contributed by atoms with van der Waals surface area (Å²) in [7, 11) is 0. The molecule has 0 unspecified atom stereocenters. The van der Waals surface area contributed by atoms with Gasteiger partial charge in [-0.25, -0.2) is 0 Å². The molecule has 0 bridgehead atoms. The molecule has 3 heteroatoms. The highest BCUT2D eigenvalue weighted by molar-refractivity contribution is 5.98. The lowest BCUT2D eigenvalue weighted by Crippen LogP contribution is -2.33. The van der Waals surface area contributed by atoms with Crippen LogP contribution in [0.3, 0.4) is 0 Å². The van der Waals surface area contributed by atoms with Gasteiger partial charge in [-0.05, 0) is 36.6 Å². The fourth-order valence-corrected chi connectivity index (χ4v) is 2.48. The van der Waals surface area contributed by atoms with Gasteiger partial charge in [-0.1, -0.05) is 12.2 Å². The summed E-state index contributed by atoms with van der Waals surface area (Å²) in [5, 5.41) is 9.39. The van der Waals surface area contributed by atoms with E-state index < -0.39 is 0 Å². The zero-order valence-corrected chi connectivity index (χ0v) is 8.89. The molecule has 0 aromatic heterocycles. The molecular weight excluding hydrogens is 202 g/mol. The summed E-state index contributed by atoms with van der Waals surface area (Å²) >= 11 is 0. The topological polar surface area (TPSA) is 40.5 Å². The second-order valence-electron chi connectivity index (χ2n) is 4.37. The maximum Gasteiger partial charge on any atom is 0.254 e. The Kier molecular flexibility index (Phi) is 1.99. The third-order valence-corrected chi connectivity index (χ3v) is 3.34. The summed E-state index contributed by atoms with van der Waals surface area (Å²) in [6.45, 7) is 0.634. The third-order valence-electron chi connectivity index (χ3n) is 3.34. The number of fused-ring (bicyclic) bond motifs is 1. The number of benzene rings is 1. The van der Waals surface area contributed by atoms with Gasteiger partial charge in [0.1, 0.15) is 5.75 Å². The van der Waals surface area contributed by atoms with E-state index in [9.17, 15) is 9.90 Å². The SMILES string of the molecule is O=C1c2ccc(O)cc2CN1C1CC=CC1. The van der Waals surface area contributed by atoms with Crippen LogP contribution in [-0.4, -0.2) is 22.0 Å². The molecule has 1 heterocycles. The molecule has 0 saturated heterocycles. The minimum atomic E-state index is 0.101. The predicted octanol–water partition coefficient (Wildman–Crippen LogP) is 2.07. The van der Waals surface area contributed by atoms with E-state index in [4.69, 9.17) is 0 Å². The van der Waals surface area contributed by atoms with Crippen molar-refractivity contribution in [2.24, 2.45) is 0 Å². The maximum atomic E-state index is 12.1. The van der Waals surface area contributed by atoms with Crippen LogP contribution in [0.25, 0.3) is 0 Å². The van der Waals surface area contributed by atoms with E-state index in [-0.39, 0.29) is 11.7 Å². The summed E-state index contributed by atoms with van der Waals surface area (Å²) in [6, 6.07) is 5.29. The van der Waals surface area contributed by atoms with Crippen LogP contribution in [0.5, 0.6) is 5.75 Å². The zero-order chi connectivity index (χ0) is 11.1. The van der Waals surface area contributed by atoms with E-state index in [0.29, 0.717) is 12.6 Å². The molecule has 1 aliphatic carbocycles. The molecule has 1 aromatic carbocycles. The Morgan fingerprint density at radius 1 is 1.25 bits per heavy atom. The van der Waals surface area contributed by atoms with Crippen LogP contribution in [-0.2, 0) is 6.54 Å². The molecule has 3 nitrogen and oxygen atoms in total. The first-order chi connectivity index (χ1) is 7.75. The first kappa shape index (κ1) is 9.46. The molecule has 2 aliphatic rings. The van der Waals surface area contributed by atoms with Crippen LogP contribution in [0.4, 0.5) is 0 Å². The Balaban J connectivity index is 1.91. The smallest absolute Gasteiger partial charge is 0.254 e. The standard InChI is InChI=1S/C13H13NO2/c15-11-5-6-12-9(7-11)8-14(13(12)16)10-3-1-2-4-10/h1-2,5-7,10,15H,3-4,8H2. The Morgan fingerprint density at radius 3 is 2.75 bits per heavy atom. The van der Waals surface area contributed by atoms with Crippen molar-refractivity contribution >= 4 is 5.91 Å². The quantitative estimate of drug-likeness (QED) is 0.728. The summed E-state index contributed by atoms with van der Waals surface area (Å²) in [6.07, 6.45) is 6.15. The van der Waals surface area contributed by atoms with Crippen LogP contribution in [0, 0.1) is 0 Å². The van der Waals surface area contributed by atoms with Crippen LogP contribution in [0.15, 0.2) is 30.4 Å². The van der Waals surface area contributed by atoms with Gasteiger partial charge in [0.2, 0.25) is 0 Å². The third kappa shape index (κ3) is 1.32. The Bertz CT molecular complexity index is 471. The van der Waals surface area contributed by atoms with Gasteiger partial charge in [-0.2, -0.15) is 0 Å². The lowest BCUT2D eigenvalue weighted by Gasteiger charge is -2.23. The van der Waals surface area contributed by atoms with Gasteiger partial charge < -0.3 is 10.0 Å². The Morgan fingerprint density at radius 2 is 2.00 bits per heavy atom. The monoisotopic (exact) mass is 215 g/mol. The van der Waals surface area contributed by atoms with E-state index in [1.807, 2.05) is 4.90 Å². The lowest BCUT2D eigenvalue weighted by atomic mass is 10.1. The van der Waals surface area contributed by atoms with E-state index in [2.05, 4.69) is 12.2 Å². The average Bonchev–Trinajstić information content (AvgIpc) is 2.86. The molecule has 16 heavy (non-hydrogen) atoms. The highest BCUT2D eigenvalue weighted by Crippen LogP contribution is 2.30. The number of phenolic OH excluding ortho intramolecular Hbond substituents is 1. The van der Waals surface area contributed by atoms with Crippen LogP contribution in [0.1, 0.15) is 28.8 Å². The molecule has 82 valence electrons. The van der Waals surface area contributed by atoms with Gasteiger partial charge in [0.05, 0.1) is 0 Å². The molecule has 1 amide bonds. The first-order valence-corrected chi connectivity index (χ1v) is 5.53. The van der Waals surface area contributed by atoms with Crippen molar-refractivity contribution in [1.82, 2.24) is 4.90 Å². The fourth-order valence-electron chi connectivity index (χ4n) is 2.48. The van der Waals surface area contributed by atoms with Gasteiger partial charge in [0.25, 0.3) is 5.91 Å². The fraction of sp³-hybridized carbons (Fsp3) is 0.308. The molecule has 0 spiro atoms. The van der Waals surface area contributed by atoms with Crippen molar-refractivity contribution in [2.75, 3.05) is 0 Å². The predicted molar refractivity (Wildman–Crippen MR) is 60.1 cm³/mol. The number of nitrogens with zero attached hydrogens (tertiary/aromatic N) is 1. The number of rotatable bonds is 1. The lowest BCUT2D eigenvalue weighted by molar-refractivity contribution is 0.0712. The number of phenols is 1. The van der Waals surface area contributed by atoms with Crippen molar-refractivity contribution in [2.45, 2.75) is 25.4 Å². The summed E-state index contributed by atoms with van der Waals surface area (Å²) in [5.41, 5.74) is 1.68. The second kappa shape index (κ2) is 3.37. The highest BCUT2D eigenvalue weighted by Gasteiger charge is 2.32. The van der Waals surface area contributed by atoms with Gasteiger partial charge in [0, 0.05) is 18.2 Å². The highest BCUT2D eigenvalue weighted by atomic mass is 16.3. The van der Waals surface area contributed by atoms with E-state index in [0.717, 1.165) is 24.0 Å². The Hall–Kier alpha value is -1.77. The molecule has 0 saturated carbocycles. The number of amides is 1. The van der Waals surface area contributed by atoms with Crippen molar-refractivity contribution in [3.8, 4) is 5.75 Å². The second-order valence-corrected chi connectivity index (χ2v) is 4.37. The van der Waals surface area contributed by atoms with Crippen LogP contribution < -0.4 is 0 Å². The van der Waals surface area contributed by atoms with Crippen molar-refractivity contribution < 1.29 is 9.90 Å². The van der Waals surface area contributed by atoms with Gasteiger partial charge in [-0.3, -0.25) is 4.79 Å². The number of carbonyl (C=O) groups excluding carboxylic acids is 1. The van der Waals surface area contributed by atoms with E-state index in [1.54, 1.807) is 18.2 Å². The molecule has 0 radical (unpaired) electrons. The molecule has 3 rings (SSSR count). The average molecular weight is 215 g/mol. The first-order valence-electron chi connectivity index (χ1n) is 5.53.